The summed E-state index contributed by atoms with van der Waals surface area (Å²) < 4.78 is 0. The van der Waals surface area contributed by atoms with Crippen LogP contribution in [0.3, 0.4) is 0 Å². The van der Waals surface area contributed by atoms with Crippen LogP contribution >= 0.6 is 11.6 Å². The highest BCUT2D eigenvalue weighted by molar-refractivity contribution is 6.30. The van der Waals surface area contributed by atoms with E-state index in [9.17, 15) is 9.90 Å². The predicted molar refractivity (Wildman–Crippen MR) is 60.0 cm³/mol. The van der Waals surface area contributed by atoms with Crippen molar-refractivity contribution in [3.8, 4) is 5.75 Å². The summed E-state index contributed by atoms with van der Waals surface area (Å²) in [7, 11) is 0. The number of amides is 1. The Balaban J connectivity index is 2.00. The van der Waals surface area contributed by atoms with Crippen molar-refractivity contribution in [1.29, 1.82) is 0 Å². The molecule has 2 rings (SSSR count). The molecule has 5 heteroatoms. The molecule has 0 saturated heterocycles. The third kappa shape index (κ3) is 2.39. The van der Waals surface area contributed by atoms with Gasteiger partial charge < -0.3 is 15.5 Å². The fourth-order valence-electron chi connectivity index (χ4n) is 1.89. The number of carbonyl (C=O) groups is 1. The zero-order valence-corrected chi connectivity index (χ0v) is 9.24. The first-order valence-corrected chi connectivity index (χ1v) is 5.41. The van der Waals surface area contributed by atoms with E-state index in [-0.39, 0.29) is 17.6 Å². The van der Waals surface area contributed by atoms with Crippen LogP contribution in [0.4, 0.5) is 4.79 Å². The Hall–Kier alpha value is -1.42. The van der Waals surface area contributed by atoms with Gasteiger partial charge in [-0.1, -0.05) is 11.6 Å². The summed E-state index contributed by atoms with van der Waals surface area (Å²) in [6.07, 6.45) is -0.130. The number of aromatic hydroxyl groups is 1. The first-order chi connectivity index (χ1) is 7.58. The van der Waals surface area contributed by atoms with E-state index in [0.29, 0.717) is 11.6 Å². The molecule has 2 atom stereocenters. The third-order valence-electron chi connectivity index (χ3n) is 2.83. The summed E-state index contributed by atoms with van der Waals surface area (Å²) in [5, 5.41) is 21.0. The second-order valence-corrected chi connectivity index (χ2v) is 4.43. The minimum Gasteiger partial charge on any atom is -0.508 e. The zero-order chi connectivity index (χ0) is 11.7. The van der Waals surface area contributed by atoms with Crippen molar-refractivity contribution < 1.29 is 15.0 Å². The Morgan fingerprint density at radius 1 is 1.56 bits per heavy atom. The van der Waals surface area contributed by atoms with Crippen molar-refractivity contribution in [2.45, 2.75) is 12.3 Å². The molecule has 4 nitrogen and oxygen atoms in total. The highest BCUT2D eigenvalue weighted by Crippen LogP contribution is 2.50. The molecule has 86 valence electrons. The summed E-state index contributed by atoms with van der Waals surface area (Å²) >= 11 is 5.84. The standard InChI is InChI=1S/C11H12ClNO3/c12-7-1-2-10(14)9(4-7)8-3-6(8)5-13-11(15)16/h1-2,4,6,8,13-14H,3,5H2,(H,15,16). The van der Waals surface area contributed by atoms with E-state index in [1.54, 1.807) is 18.2 Å². The Morgan fingerprint density at radius 2 is 2.31 bits per heavy atom. The van der Waals surface area contributed by atoms with Crippen molar-refractivity contribution in [1.82, 2.24) is 5.32 Å². The molecule has 0 spiro atoms. The number of rotatable bonds is 3. The number of hydrogen-bond donors (Lipinski definition) is 3. The smallest absolute Gasteiger partial charge is 0.404 e. The minimum absolute atomic E-state index is 0.213. The maximum Gasteiger partial charge on any atom is 0.404 e. The number of hydrogen-bond acceptors (Lipinski definition) is 2. The molecule has 1 saturated carbocycles. The number of phenolic OH excluding ortho intramolecular Hbond substituents is 1. The molecule has 0 heterocycles. The molecule has 1 aliphatic carbocycles. The quantitative estimate of drug-likeness (QED) is 0.761. The van der Waals surface area contributed by atoms with Gasteiger partial charge in [-0.3, -0.25) is 0 Å². The van der Waals surface area contributed by atoms with Gasteiger partial charge in [0, 0.05) is 11.6 Å². The largest absolute Gasteiger partial charge is 0.508 e. The van der Waals surface area contributed by atoms with Crippen LogP contribution in [0.2, 0.25) is 5.02 Å². The van der Waals surface area contributed by atoms with E-state index in [1.165, 1.54) is 0 Å². The number of halogens is 1. The van der Waals surface area contributed by atoms with Gasteiger partial charge >= 0.3 is 6.09 Å². The van der Waals surface area contributed by atoms with Crippen LogP contribution in [-0.2, 0) is 0 Å². The maximum absolute atomic E-state index is 10.3. The van der Waals surface area contributed by atoms with E-state index >= 15 is 0 Å². The van der Waals surface area contributed by atoms with Crippen LogP contribution in [0.1, 0.15) is 17.9 Å². The van der Waals surface area contributed by atoms with Gasteiger partial charge in [0.1, 0.15) is 5.75 Å². The first kappa shape index (κ1) is 11.1. The van der Waals surface area contributed by atoms with Gasteiger partial charge in [-0.2, -0.15) is 0 Å². The highest BCUT2D eigenvalue weighted by atomic mass is 35.5. The lowest BCUT2D eigenvalue weighted by atomic mass is 10.1. The van der Waals surface area contributed by atoms with Gasteiger partial charge in [0.15, 0.2) is 0 Å². The molecule has 0 radical (unpaired) electrons. The lowest BCUT2D eigenvalue weighted by Crippen LogP contribution is -2.23. The van der Waals surface area contributed by atoms with Crippen LogP contribution in [0.25, 0.3) is 0 Å². The van der Waals surface area contributed by atoms with Gasteiger partial charge in [0.2, 0.25) is 0 Å². The molecule has 1 aromatic rings. The molecule has 0 aliphatic heterocycles. The monoisotopic (exact) mass is 241 g/mol. The lowest BCUT2D eigenvalue weighted by molar-refractivity contribution is 0.194. The van der Waals surface area contributed by atoms with E-state index < -0.39 is 6.09 Å². The normalized spacial score (nSPS) is 22.8. The maximum atomic E-state index is 10.3. The summed E-state index contributed by atoms with van der Waals surface area (Å²) in [5.74, 6) is 0.707. The Morgan fingerprint density at radius 3 is 3.00 bits per heavy atom. The van der Waals surface area contributed by atoms with Crippen LogP contribution in [0.15, 0.2) is 18.2 Å². The molecule has 16 heavy (non-hydrogen) atoms. The van der Waals surface area contributed by atoms with Gasteiger partial charge in [-0.05, 0) is 42.0 Å². The average molecular weight is 242 g/mol. The number of phenols is 1. The summed E-state index contributed by atoms with van der Waals surface area (Å²) in [6, 6.07) is 4.94. The third-order valence-corrected chi connectivity index (χ3v) is 3.06. The first-order valence-electron chi connectivity index (χ1n) is 5.03. The number of benzene rings is 1. The highest BCUT2D eigenvalue weighted by Gasteiger charge is 2.39. The van der Waals surface area contributed by atoms with Crippen LogP contribution < -0.4 is 5.32 Å². The zero-order valence-electron chi connectivity index (χ0n) is 8.48. The molecule has 1 aliphatic rings. The van der Waals surface area contributed by atoms with Crippen molar-refractivity contribution in [2.24, 2.45) is 5.92 Å². The van der Waals surface area contributed by atoms with E-state index in [0.717, 1.165) is 12.0 Å². The second kappa shape index (κ2) is 4.22. The topological polar surface area (TPSA) is 69.6 Å². The van der Waals surface area contributed by atoms with Gasteiger partial charge in [-0.25, -0.2) is 4.79 Å². The van der Waals surface area contributed by atoms with Crippen LogP contribution in [0.5, 0.6) is 5.75 Å². The molecule has 0 bridgehead atoms. The fourth-order valence-corrected chi connectivity index (χ4v) is 2.08. The predicted octanol–water partition coefficient (Wildman–Crippen LogP) is 2.42. The molecule has 1 amide bonds. The number of carboxylic acid groups (broad SMARTS) is 1. The summed E-state index contributed by atoms with van der Waals surface area (Å²) in [6.45, 7) is 0.423. The molecular weight excluding hydrogens is 230 g/mol. The van der Waals surface area contributed by atoms with Crippen LogP contribution in [0, 0.1) is 5.92 Å². The van der Waals surface area contributed by atoms with Crippen molar-refractivity contribution in [3.63, 3.8) is 0 Å². The van der Waals surface area contributed by atoms with Crippen LogP contribution in [-0.4, -0.2) is 22.9 Å². The molecule has 2 unspecified atom stereocenters. The molecule has 1 aromatic carbocycles. The summed E-state index contributed by atoms with van der Waals surface area (Å²) in [4.78, 5) is 10.3. The van der Waals surface area contributed by atoms with Gasteiger partial charge in [-0.15, -0.1) is 0 Å². The lowest BCUT2D eigenvalue weighted by Gasteiger charge is -2.04. The Kier molecular flexibility index (Phi) is 2.92. The van der Waals surface area contributed by atoms with Crippen molar-refractivity contribution in [2.75, 3.05) is 6.54 Å². The van der Waals surface area contributed by atoms with Gasteiger partial charge in [0.05, 0.1) is 0 Å². The summed E-state index contributed by atoms with van der Waals surface area (Å²) in [5.41, 5.74) is 0.810. The molecule has 1 fully saturated rings. The van der Waals surface area contributed by atoms with E-state index in [4.69, 9.17) is 16.7 Å². The average Bonchev–Trinajstić information content (AvgIpc) is 2.98. The Bertz CT molecular complexity index is 422. The van der Waals surface area contributed by atoms with Crippen molar-refractivity contribution >= 4 is 17.7 Å². The molecule has 3 N–H and O–H groups in total. The molecular formula is C11H12ClNO3. The minimum atomic E-state index is -1.01. The van der Waals surface area contributed by atoms with Crippen molar-refractivity contribution in [3.05, 3.63) is 28.8 Å². The molecule has 0 aromatic heterocycles. The van der Waals surface area contributed by atoms with E-state index in [1.807, 2.05) is 0 Å². The second-order valence-electron chi connectivity index (χ2n) is 3.99. The Labute approximate surface area is 97.9 Å². The SMILES string of the molecule is O=C(O)NCC1CC1c1cc(Cl)ccc1O. The van der Waals surface area contributed by atoms with Gasteiger partial charge in [0.25, 0.3) is 0 Å². The number of nitrogens with one attached hydrogen (secondary N) is 1. The van der Waals surface area contributed by atoms with E-state index in [2.05, 4.69) is 5.32 Å². The fraction of sp³-hybridized carbons (Fsp3) is 0.364.